The monoisotopic (exact) mass is 408 g/mol. The number of rotatable bonds is 6. The lowest BCUT2D eigenvalue weighted by molar-refractivity contribution is -0.130. The molecule has 30 heavy (non-hydrogen) atoms. The summed E-state index contributed by atoms with van der Waals surface area (Å²) in [6, 6.07) is 8.07. The summed E-state index contributed by atoms with van der Waals surface area (Å²) >= 11 is 0. The lowest BCUT2D eigenvalue weighted by atomic mass is 10.1. The van der Waals surface area contributed by atoms with E-state index in [2.05, 4.69) is 33.0 Å². The second-order valence-corrected chi connectivity index (χ2v) is 7.75. The molecule has 1 amide bonds. The molecular formula is C22H28N6O2. The predicted octanol–water partition coefficient (Wildman–Crippen LogP) is 2.42. The molecule has 1 aromatic carbocycles. The Morgan fingerprint density at radius 2 is 2.10 bits per heavy atom. The Balaban J connectivity index is 1.39. The first-order chi connectivity index (χ1) is 14.5. The van der Waals surface area contributed by atoms with Gasteiger partial charge >= 0.3 is 0 Å². The van der Waals surface area contributed by atoms with E-state index < -0.39 is 0 Å². The number of carbonyl (C=O) groups is 1. The summed E-state index contributed by atoms with van der Waals surface area (Å²) in [6.45, 7) is 8.33. The van der Waals surface area contributed by atoms with Crippen molar-refractivity contribution in [2.24, 2.45) is 0 Å². The fourth-order valence-corrected chi connectivity index (χ4v) is 4.12. The minimum atomic E-state index is -0.0505. The Morgan fingerprint density at radius 1 is 1.30 bits per heavy atom. The van der Waals surface area contributed by atoms with Crippen LogP contribution >= 0.6 is 0 Å². The van der Waals surface area contributed by atoms with E-state index in [4.69, 9.17) is 4.74 Å². The Kier molecular flexibility index (Phi) is 5.57. The molecule has 1 aliphatic heterocycles. The highest BCUT2D eigenvalue weighted by Gasteiger charge is 2.26. The number of fused-ring (bicyclic) bond motifs is 2. The summed E-state index contributed by atoms with van der Waals surface area (Å²) in [5, 5.41) is 4.22. The number of hydrogen-bond acceptors (Lipinski definition) is 6. The molecule has 0 N–H and O–H groups in total. The van der Waals surface area contributed by atoms with Crippen molar-refractivity contribution < 1.29 is 9.53 Å². The van der Waals surface area contributed by atoms with Gasteiger partial charge in [-0.05, 0) is 44.9 Å². The molecule has 1 aliphatic rings. The second-order valence-electron chi connectivity index (χ2n) is 7.75. The van der Waals surface area contributed by atoms with E-state index >= 15 is 0 Å². The highest BCUT2D eigenvalue weighted by molar-refractivity contribution is 5.76. The Labute approximate surface area is 176 Å². The zero-order valence-corrected chi connectivity index (χ0v) is 18.0. The number of amides is 1. The van der Waals surface area contributed by atoms with E-state index in [1.807, 2.05) is 39.1 Å². The van der Waals surface area contributed by atoms with Crippen LogP contribution in [-0.2, 0) is 11.2 Å². The van der Waals surface area contributed by atoms with Gasteiger partial charge in [0, 0.05) is 31.4 Å². The number of nitrogens with zero attached hydrogens (tertiary/aromatic N) is 6. The van der Waals surface area contributed by atoms with Crippen molar-refractivity contribution in [3.05, 3.63) is 47.5 Å². The van der Waals surface area contributed by atoms with Crippen molar-refractivity contribution >= 4 is 17.4 Å². The fourth-order valence-electron chi connectivity index (χ4n) is 4.12. The van der Waals surface area contributed by atoms with Gasteiger partial charge in [0.1, 0.15) is 18.2 Å². The van der Waals surface area contributed by atoms with Crippen LogP contribution in [0.15, 0.2) is 30.6 Å². The third kappa shape index (κ3) is 3.81. The van der Waals surface area contributed by atoms with Gasteiger partial charge in [0.15, 0.2) is 0 Å². The van der Waals surface area contributed by atoms with Gasteiger partial charge in [-0.3, -0.25) is 4.79 Å². The zero-order valence-electron chi connectivity index (χ0n) is 18.0. The number of ether oxygens (including phenoxy) is 1. The number of anilines is 1. The van der Waals surface area contributed by atoms with Crippen LogP contribution in [0.5, 0.6) is 5.75 Å². The van der Waals surface area contributed by atoms with Crippen molar-refractivity contribution in [1.29, 1.82) is 0 Å². The van der Waals surface area contributed by atoms with Crippen molar-refractivity contribution in [1.82, 2.24) is 24.5 Å². The molecule has 0 saturated heterocycles. The summed E-state index contributed by atoms with van der Waals surface area (Å²) in [6.07, 6.45) is 2.49. The molecule has 3 aromatic rings. The smallest absolute Gasteiger partial charge is 0.252 e. The minimum Gasteiger partial charge on any atom is -0.485 e. The molecule has 2 aromatic heterocycles. The fraction of sp³-hybridized carbons (Fsp3) is 0.455. The van der Waals surface area contributed by atoms with Crippen LogP contribution in [-0.4, -0.2) is 63.2 Å². The van der Waals surface area contributed by atoms with Crippen LogP contribution in [0.1, 0.15) is 30.3 Å². The molecule has 4 rings (SSSR count). The van der Waals surface area contributed by atoms with E-state index in [0.717, 1.165) is 41.5 Å². The van der Waals surface area contributed by atoms with Gasteiger partial charge in [-0.25, -0.2) is 9.50 Å². The molecule has 3 heterocycles. The van der Waals surface area contributed by atoms with Crippen molar-refractivity contribution in [3.63, 3.8) is 0 Å². The summed E-state index contributed by atoms with van der Waals surface area (Å²) in [4.78, 5) is 25.5. The average molecular weight is 409 g/mol. The molecule has 0 spiro atoms. The molecule has 0 unspecified atom stereocenters. The maximum atomic E-state index is 12.8. The van der Waals surface area contributed by atoms with Crippen LogP contribution < -0.4 is 9.64 Å². The second kappa shape index (κ2) is 8.30. The first kappa shape index (κ1) is 20.1. The Hall–Kier alpha value is -3.16. The van der Waals surface area contributed by atoms with Crippen molar-refractivity contribution in [3.8, 4) is 5.75 Å². The summed E-state index contributed by atoms with van der Waals surface area (Å²) in [5.74, 6) is 1.57. The Bertz CT molecular complexity index is 1060. The molecule has 158 valence electrons. The first-order valence-electron chi connectivity index (χ1n) is 10.4. The normalized spacial score (nSPS) is 15.7. The van der Waals surface area contributed by atoms with E-state index in [1.54, 1.807) is 9.42 Å². The quantitative estimate of drug-likeness (QED) is 0.624. The maximum Gasteiger partial charge on any atom is 0.252 e. The molecule has 1 atom stereocenters. The van der Waals surface area contributed by atoms with Gasteiger partial charge in [-0.15, -0.1) is 0 Å². The van der Waals surface area contributed by atoms with Gasteiger partial charge in [0.2, 0.25) is 5.91 Å². The van der Waals surface area contributed by atoms with Gasteiger partial charge in [0.25, 0.3) is 5.78 Å². The van der Waals surface area contributed by atoms with Crippen molar-refractivity contribution in [2.45, 2.75) is 39.7 Å². The Morgan fingerprint density at radius 3 is 2.90 bits per heavy atom. The van der Waals surface area contributed by atoms with E-state index in [-0.39, 0.29) is 12.0 Å². The van der Waals surface area contributed by atoms with Gasteiger partial charge in [-0.1, -0.05) is 12.1 Å². The number of likely N-dealkylation sites (N-methyl/N-ethyl adjacent to an activating group) is 2. The highest BCUT2D eigenvalue weighted by Crippen LogP contribution is 2.32. The van der Waals surface area contributed by atoms with E-state index in [0.29, 0.717) is 25.2 Å². The maximum absolute atomic E-state index is 12.8. The summed E-state index contributed by atoms with van der Waals surface area (Å²) < 4.78 is 7.89. The van der Waals surface area contributed by atoms with Gasteiger partial charge in [-0.2, -0.15) is 10.1 Å². The first-order valence-corrected chi connectivity index (χ1v) is 10.4. The standard InChI is InChI=1S/C22H28N6O2/c1-5-27-13-17(30-20-9-7-6-8-19(20)27)12-26(4)21(29)11-10-18-15(2)25-22-23-14-24-28(22)16(18)3/h6-9,14,17H,5,10-13H2,1-4H3/t17-/m0/s1. The van der Waals surface area contributed by atoms with Gasteiger partial charge in [0.05, 0.1) is 18.8 Å². The van der Waals surface area contributed by atoms with Crippen molar-refractivity contribution in [2.75, 3.05) is 31.6 Å². The lowest BCUT2D eigenvalue weighted by Crippen LogP contribution is -2.46. The SMILES string of the molecule is CCN1C[C@H](CN(C)C(=O)CCc2c(C)nc3ncnn3c2C)Oc2ccccc21. The van der Waals surface area contributed by atoms with E-state index in [1.165, 1.54) is 6.33 Å². The van der Waals surface area contributed by atoms with Crippen LogP contribution in [0.2, 0.25) is 0 Å². The molecule has 0 aliphatic carbocycles. The number of hydrogen-bond donors (Lipinski definition) is 0. The number of para-hydroxylation sites is 2. The lowest BCUT2D eigenvalue weighted by Gasteiger charge is -2.37. The highest BCUT2D eigenvalue weighted by atomic mass is 16.5. The molecule has 0 radical (unpaired) electrons. The summed E-state index contributed by atoms with van der Waals surface area (Å²) in [5.41, 5.74) is 4.05. The molecule has 8 nitrogen and oxygen atoms in total. The zero-order chi connectivity index (χ0) is 21.3. The largest absolute Gasteiger partial charge is 0.485 e. The average Bonchev–Trinajstić information content (AvgIpc) is 3.21. The van der Waals surface area contributed by atoms with Crippen LogP contribution in [0.3, 0.4) is 0 Å². The third-order valence-corrected chi connectivity index (χ3v) is 5.79. The summed E-state index contributed by atoms with van der Waals surface area (Å²) in [7, 11) is 1.85. The minimum absolute atomic E-state index is 0.0505. The van der Waals surface area contributed by atoms with Crippen LogP contribution in [0.25, 0.3) is 5.78 Å². The van der Waals surface area contributed by atoms with Crippen LogP contribution in [0, 0.1) is 13.8 Å². The predicted molar refractivity (Wildman–Crippen MR) is 115 cm³/mol. The molecule has 0 saturated carbocycles. The molecular weight excluding hydrogens is 380 g/mol. The van der Waals surface area contributed by atoms with Gasteiger partial charge < -0.3 is 14.5 Å². The van der Waals surface area contributed by atoms with E-state index in [9.17, 15) is 4.79 Å². The molecule has 8 heteroatoms. The number of aromatic nitrogens is 4. The third-order valence-electron chi connectivity index (χ3n) is 5.79. The van der Waals surface area contributed by atoms with Crippen LogP contribution in [0.4, 0.5) is 5.69 Å². The molecule has 0 fully saturated rings. The number of carbonyl (C=O) groups excluding carboxylic acids is 1. The molecule has 0 bridgehead atoms. The topological polar surface area (TPSA) is 75.9 Å². The number of benzene rings is 1. The number of aryl methyl sites for hydroxylation is 2.